The molecule has 0 unspecified atom stereocenters. The summed E-state index contributed by atoms with van der Waals surface area (Å²) >= 11 is 0. The minimum Gasteiger partial charge on any atom is -0.481 e. The van der Waals surface area contributed by atoms with Crippen molar-refractivity contribution in [3.63, 3.8) is 0 Å². The highest BCUT2D eigenvalue weighted by molar-refractivity contribution is 5.76. The number of hydrogen-bond donors (Lipinski definition) is 1. The number of amides is 1. The van der Waals surface area contributed by atoms with Gasteiger partial charge in [0.1, 0.15) is 6.54 Å². The minimum absolute atomic E-state index is 0.0403. The molecule has 2 rings (SSSR count). The second-order valence-corrected chi connectivity index (χ2v) is 4.58. The summed E-state index contributed by atoms with van der Waals surface area (Å²) in [6.07, 6.45) is 0. The molecular weight excluding hydrogens is 272 g/mol. The third-order valence-corrected chi connectivity index (χ3v) is 3.19. The number of carbonyl (C=O) groups is 1. The van der Waals surface area contributed by atoms with E-state index in [1.165, 1.54) is 0 Å². The number of carbonyl (C=O) groups excluding carboxylic acids is 1. The van der Waals surface area contributed by atoms with Crippen LogP contribution >= 0.6 is 0 Å². The molecule has 2 N–H and O–H groups in total. The van der Waals surface area contributed by atoms with Crippen LogP contribution < -0.4 is 15.2 Å². The van der Waals surface area contributed by atoms with Gasteiger partial charge in [0.05, 0.1) is 19.9 Å². The van der Waals surface area contributed by atoms with Crippen LogP contribution in [0.3, 0.4) is 0 Å². The molecule has 0 fully saturated rings. The lowest BCUT2D eigenvalue weighted by atomic mass is 10.1. The number of ether oxygens (including phenoxy) is 2. The number of rotatable bonds is 5. The third kappa shape index (κ3) is 2.81. The van der Waals surface area contributed by atoms with E-state index in [0.29, 0.717) is 11.8 Å². The first kappa shape index (κ1) is 14.8. The van der Waals surface area contributed by atoms with Gasteiger partial charge in [-0.1, -0.05) is 0 Å². The Morgan fingerprint density at radius 1 is 1.29 bits per heavy atom. The van der Waals surface area contributed by atoms with E-state index in [1.807, 2.05) is 19.9 Å². The van der Waals surface area contributed by atoms with Crippen molar-refractivity contribution in [1.29, 1.82) is 0 Å². The molecule has 0 atom stereocenters. The first-order chi connectivity index (χ1) is 9.97. The SMILES string of the molecule is COc1ccc(-c2c(C)nn(CC(N)=O)c2C)c(OC)n1. The van der Waals surface area contributed by atoms with Gasteiger partial charge in [0.15, 0.2) is 0 Å². The molecule has 112 valence electrons. The van der Waals surface area contributed by atoms with Gasteiger partial charge < -0.3 is 15.2 Å². The molecule has 7 nitrogen and oxygen atoms in total. The van der Waals surface area contributed by atoms with E-state index in [4.69, 9.17) is 15.2 Å². The van der Waals surface area contributed by atoms with E-state index in [9.17, 15) is 4.79 Å². The smallest absolute Gasteiger partial charge is 0.239 e. The summed E-state index contributed by atoms with van der Waals surface area (Å²) in [5.74, 6) is 0.474. The van der Waals surface area contributed by atoms with E-state index >= 15 is 0 Å². The van der Waals surface area contributed by atoms with Crippen LogP contribution in [-0.4, -0.2) is 34.9 Å². The monoisotopic (exact) mass is 290 g/mol. The van der Waals surface area contributed by atoms with Crippen LogP contribution in [0.1, 0.15) is 11.4 Å². The maximum Gasteiger partial charge on any atom is 0.239 e. The van der Waals surface area contributed by atoms with Gasteiger partial charge in [-0.25, -0.2) is 0 Å². The van der Waals surface area contributed by atoms with Gasteiger partial charge in [-0.15, -0.1) is 0 Å². The highest BCUT2D eigenvalue weighted by Crippen LogP contribution is 2.34. The Hall–Kier alpha value is -2.57. The highest BCUT2D eigenvalue weighted by Gasteiger charge is 2.19. The number of nitrogens with two attached hydrogens (primary N) is 1. The molecular formula is C14H18N4O3. The molecule has 0 aromatic carbocycles. The average Bonchev–Trinajstić information content (AvgIpc) is 2.72. The first-order valence-corrected chi connectivity index (χ1v) is 6.39. The predicted molar refractivity (Wildman–Crippen MR) is 77.2 cm³/mol. The molecule has 0 aliphatic carbocycles. The standard InChI is InChI=1S/C14H18N4O3/c1-8-13(9(2)18(17-8)7-11(15)19)10-5-6-12(20-3)16-14(10)21-4/h5-6H,7H2,1-4H3,(H2,15,19). The summed E-state index contributed by atoms with van der Waals surface area (Å²) in [7, 11) is 3.09. The summed E-state index contributed by atoms with van der Waals surface area (Å²) in [6, 6.07) is 3.61. The fraction of sp³-hybridized carbons (Fsp3) is 0.357. The van der Waals surface area contributed by atoms with Crippen molar-refractivity contribution in [3.8, 4) is 22.9 Å². The molecule has 0 saturated heterocycles. The van der Waals surface area contributed by atoms with Crippen molar-refractivity contribution in [2.75, 3.05) is 14.2 Å². The summed E-state index contributed by atoms with van der Waals surface area (Å²) in [4.78, 5) is 15.4. The van der Waals surface area contributed by atoms with Crippen LogP contribution in [0.5, 0.6) is 11.8 Å². The zero-order valence-electron chi connectivity index (χ0n) is 12.5. The third-order valence-electron chi connectivity index (χ3n) is 3.19. The number of primary amides is 1. The number of hydrogen-bond acceptors (Lipinski definition) is 5. The van der Waals surface area contributed by atoms with Crippen LogP contribution in [0.15, 0.2) is 12.1 Å². The Balaban J connectivity index is 2.56. The van der Waals surface area contributed by atoms with Crippen molar-refractivity contribution < 1.29 is 14.3 Å². The predicted octanol–water partition coefficient (Wildman–Crippen LogP) is 1.06. The van der Waals surface area contributed by atoms with Crippen LogP contribution in [0, 0.1) is 13.8 Å². The molecule has 0 aliphatic rings. The van der Waals surface area contributed by atoms with Crippen molar-refractivity contribution in [2.24, 2.45) is 5.73 Å². The lowest BCUT2D eigenvalue weighted by Gasteiger charge is -2.09. The van der Waals surface area contributed by atoms with E-state index in [1.54, 1.807) is 25.0 Å². The van der Waals surface area contributed by atoms with Crippen LogP contribution in [0.25, 0.3) is 11.1 Å². The number of aryl methyl sites for hydroxylation is 1. The zero-order chi connectivity index (χ0) is 15.6. The van der Waals surface area contributed by atoms with Gasteiger partial charge in [0, 0.05) is 22.9 Å². The number of methoxy groups -OCH3 is 2. The van der Waals surface area contributed by atoms with Crippen LogP contribution in [0.4, 0.5) is 0 Å². The normalized spacial score (nSPS) is 10.5. The Bertz CT molecular complexity index is 679. The van der Waals surface area contributed by atoms with Crippen molar-refractivity contribution >= 4 is 5.91 Å². The van der Waals surface area contributed by atoms with E-state index in [-0.39, 0.29) is 6.54 Å². The van der Waals surface area contributed by atoms with Crippen molar-refractivity contribution in [2.45, 2.75) is 20.4 Å². The molecule has 2 aromatic heterocycles. The molecule has 2 heterocycles. The van der Waals surface area contributed by atoms with E-state index in [0.717, 1.165) is 22.5 Å². The van der Waals surface area contributed by atoms with Gasteiger partial charge in [-0.3, -0.25) is 9.48 Å². The number of aromatic nitrogens is 3. The second kappa shape index (κ2) is 5.82. The number of nitrogens with zero attached hydrogens (tertiary/aromatic N) is 3. The topological polar surface area (TPSA) is 92.3 Å². The maximum atomic E-state index is 11.1. The van der Waals surface area contributed by atoms with Gasteiger partial charge >= 0.3 is 0 Å². The van der Waals surface area contributed by atoms with Crippen LogP contribution in [-0.2, 0) is 11.3 Å². The largest absolute Gasteiger partial charge is 0.481 e. The quantitative estimate of drug-likeness (QED) is 0.889. The summed E-state index contributed by atoms with van der Waals surface area (Å²) in [6.45, 7) is 3.78. The molecule has 0 saturated carbocycles. The molecule has 0 radical (unpaired) electrons. The Morgan fingerprint density at radius 2 is 2.00 bits per heavy atom. The van der Waals surface area contributed by atoms with Gasteiger partial charge in [0.25, 0.3) is 0 Å². The zero-order valence-corrected chi connectivity index (χ0v) is 12.5. The fourth-order valence-electron chi connectivity index (χ4n) is 2.27. The molecule has 1 amide bonds. The van der Waals surface area contributed by atoms with Gasteiger partial charge in [-0.05, 0) is 19.9 Å². The van der Waals surface area contributed by atoms with E-state index < -0.39 is 5.91 Å². The molecule has 21 heavy (non-hydrogen) atoms. The maximum absolute atomic E-state index is 11.1. The van der Waals surface area contributed by atoms with Gasteiger partial charge in [-0.2, -0.15) is 10.1 Å². The molecule has 0 spiro atoms. The first-order valence-electron chi connectivity index (χ1n) is 6.39. The molecule has 0 bridgehead atoms. The molecule has 7 heteroatoms. The lowest BCUT2D eigenvalue weighted by molar-refractivity contribution is -0.118. The highest BCUT2D eigenvalue weighted by atomic mass is 16.5. The second-order valence-electron chi connectivity index (χ2n) is 4.58. The van der Waals surface area contributed by atoms with Crippen molar-refractivity contribution in [1.82, 2.24) is 14.8 Å². The average molecular weight is 290 g/mol. The summed E-state index contributed by atoms with van der Waals surface area (Å²) in [5, 5.41) is 4.35. The van der Waals surface area contributed by atoms with E-state index in [2.05, 4.69) is 10.1 Å². The fourth-order valence-corrected chi connectivity index (χ4v) is 2.27. The van der Waals surface area contributed by atoms with Crippen LogP contribution in [0.2, 0.25) is 0 Å². The molecule has 0 aliphatic heterocycles. The Morgan fingerprint density at radius 3 is 2.57 bits per heavy atom. The van der Waals surface area contributed by atoms with Gasteiger partial charge in [0.2, 0.25) is 17.7 Å². The summed E-state index contributed by atoms with van der Waals surface area (Å²) in [5.41, 5.74) is 8.51. The Kier molecular flexibility index (Phi) is 4.11. The Labute approximate surface area is 122 Å². The molecule has 2 aromatic rings. The van der Waals surface area contributed by atoms with Crippen molar-refractivity contribution in [3.05, 3.63) is 23.5 Å². The lowest BCUT2D eigenvalue weighted by Crippen LogP contribution is -2.20. The summed E-state index contributed by atoms with van der Waals surface area (Å²) < 4.78 is 12.0. The minimum atomic E-state index is -0.438. The number of pyridine rings is 1.